The average molecular weight is 220 g/mol. The Morgan fingerprint density at radius 3 is 2.62 bits per heavy atom. The zero-order valence-corrected chi connectivity index (χ0v) is 10.4. The van der Waals surface area contributed by atoms with Gasteiger partial charge in [-0.1, -0.05) is 27.2 Å². The fourth-order valence-electron chi connectivity index (χ4n) is 3.04. The number of Topliss-reactive ketones (excluding diaryl/α,β-unsaturated/α-hetero) is 2. The van der Waals surface area contributed by atoms with Crippen LogP contribution in [-0.4, -0.2) is 11.6 Å². The van der Waals surface area contributed by atoms with Crippen LogP contribution in [0, 0.1) is 11.3 Å². The average Bonchev–Trinajstić information content (AvgIpc) is 2.59. The molecule has 0 aromatic carbocycles. The van der Waals surface area contributed by atoms with Gasteiger partial charge in [-0.3, -0.25) is 9.59 Å². The Bertz CT molecular complexity index is 374. The van der Waals surface area contributed by atoms with Crippen molar-refractivity contribution in [2.45, 2.75) is 52.9 Å². The fourth-order valence-corrected chi connectivity index (χ4v) is 3.04. The summed E-state index contributed by atoms with van der Waals surface area (Å²) in [6.45, 7) is 6.12. The molecule has 0 aliphatic heterocycles. The molecular formula is C14H20O2. The predicted molar refractivity (Wildman–Crippen MR) is 63.1 cm³/mol. The minimum atomic E-state index is -0.238. The van der Waals surface area contributed by atoms with Gasteiger partial charge in [-0.05, 0) is 25.2 Å². The van der Waals surface area contributed by atoms with E-state index < -0.39 is 0 Å². The molecule has 0 saturated heterocycles. The fraction of sp³-hybridized carbons (Fsp3) is 0.714. The molecule has 2 nitrogen and oxygen atoms in total. The molecule has 1 saturated carbocycles. The quantitative estimate of drug-likeness (QED) is 0.732. The summed E-state index contributed by atoms with van der Waals surface area (Å²) in [7, 11) is 0. The van der Waals surface area contributed by atoms with Gasteiger partial charge in [-0.2, -0.15) is 0 Å². The summed E-state index contributed by atoms with van der Waals surface area (Å²) in [6.07, 6.45) is 4.35. The molecule has 2 aliphatic carbocycles. The van der Waals surface area contributed by atoms with Crippen LogP contribution in [0.15, 0.2) is 11.1 Å². The van der Waals surface area contributed by atoms with E-state index in [2.05, 4.69) is 6.92 Å². The van der Waals surface area contributed by atoms with Crippen LogP contribution in [0.1, 0.15) is 52.9 Å². The second kappa shape index (κ2) is 3.83. The molecule has 2 heteroatoms. The van der Waals surface area contributed by atoms with Crippen LogP contribution in [0.25, 0.3) is 0 Å². The van der Waals surface area contributed by atoms with Gasteiger partial charge in [0.25, 0.3) is 0 Å². The van der Waals surface area contributed by atoms with Crippen molar-refractivity contribution in [1.82, 2.24) is 0 Å². The summed E-state index contributed by atoms with van der Waals surface area (Å²) in [4.78, 5) is 24.1. The van der Waals surface area contributed by atoms with E-state index in [-0.39, 0.29) is 22.9 Å². The molecular weight excluding hydrogens is 200 g/mol. The zero-order chi connectivity index (χ0) is 11.9. The maximum absolute atomic E-state index is 12.2. The number of hydrogen-bond acceptors (Lipinski definition) is 2. The number of ketones is 2. The number of allylic oxidation sites excluding steroid dienone is 2. The Balaban J connectivity index is 2.32. The van der Waals surface area contributed by atoms with Crippen molar-refractivity contribution >= 4 is 11.6 Å². The first-order valence-electron chi connectivity index (χ1n) is 6.28. The zero-order valence-electron chi connectivity index (χ0n) is 10.4. The number of hydrogen-bond donors (Lipinski definition) is 0. The van der Waals surface area contributed by atoms with Crippen LogP contribution in [0.4, 0.5) is 0 Å². The molecule has 0 heterocycles. The Morgan fingerprint density at radius 1 is 1.31 bits per heavy atom. The monoisotopic (exact) mass is 220 g/mol. The van der Waals surface area contributed by atoms with Crippen molar-refractivity contribution < 1.29 is 9.59 Å². The Hall–Kier alpha value is -0.920. The Labute approximate surface area is 97.1 Å². The second-order valence-electron chi connectivity index (χ2n) is 5.74. The molecule has 88 valence electrons. The van der Waals surface area contributed by atoms with Crippen molar-refractivity contribution in [3.63, 3.8) is 0 Å². The van der Waals surface area contributed by atoms with E-state index in [0.717, 1.165) is 36.8 Å². The molecule has 0 bridgehead atoms. The van der Waals surface area contributed by atoms with E-state index in [9.17, 15) is 9.59 Å². The first-order chi connectivity index (χ1) is 7.47. The van der Waals surface area contributed by atoms with E-state index in [0.29, 0.717) is 6.42 Å². The largest absolute Gasteiger partial charge is 0.295 e. The summed E-state index contributed by atoms with van der Waals surface area (Å²) in [5.41, 5.74) is 1.52. The minimum absolute atomic E-state index is 0.231. The van der Waals surface area contributed by atoms with Gasteiger partial charge in [0.1, 0.15) is 0 Å². The molecule has 2 aliphatic rings. The lowest BCUT2D eigenvalue weighted by Gasteiger charge is -2.15. The highest BCUT2D eigenvalue weighted by atomic mass is 16.1. The van der Waals surface area contributed by atoms with Crippen molar-refractivity contribution in [1.29, 1.82) is 0 Å². The Kier molecular flexibility index (Phi) is 2.77. The smallest absolute Gasteiger partial charge is 0.165 e. The lowest BCUT2D eigenvalue weighted by Crippen LogP contribution is -2.19. The highest BCUT2D eigenvalue weighted by Crippen LogP contribution is 2.49. The molecule has 2 rings (SSSR count). The number of carbonyl (C=O) groups is 2. The van der Waals surface area contributed by atoms with Crippen molar-refractivity contribution in [3.8, 4) is 0 Å². The third-order valence-electron chi connectivity index (χ3n) is 3.90. The van der Waals surface area contributed by atoms with Crippen LogP contribution < -0.4 is 0 Å². The van der Waals surface area contributed by atoms with Gasteiger partial charge in [0.05, 0.1) is 0 Å². The molecule has 0 N–H and O–H groups in total. The van der Waals surface area contributed by atoms with E-state index in [1.54, 1.807) is 0 Å². The van der Waals surface area contributed by atoms with E-state index in [1.165, 1.54) is 0 Å². The standard InChI is InChI=1S/C14H20O2/c1-4-5-6-10-11(15)7-9-8-14(2,3)13(16)12(9)10/h9H,4-8H2,1-3H3. The summed E-state index contributed by atoms with van der Waals surface area (Å²) in [5, 5.41) is 0. The van der Waals surface area contributed by atoms with Gasteiger partial charge in [-0.25, -0.2) is 0 Å². The number of rotatable bonds is 3. The highest BCUT2D eigenvalue weighted by Gasteiger charge is 2.49. The van der Waals surface area contributed by atoms with Crippen molar-refractivity contribution in [2.75, 3.05) is 0 Å². The van der Waals surface area contributed by atoms with Crippen LogP contribution in [-0.2, 0) is 9.59 Å². The molecule has 0 aromatic heterocycles. The Morgan fingerprint density at radius 2 is 2.00 bits per heavy atom. The summed E-state index contributed by atoms with van der Waals surface area (Å²) >= 11 is 0. The first-order valence-corrected chi connectivity index (χ1v) is 6.28. The maximum atomic E-state index is 12.2. The number of unbranched alkanes of at least 4 members (excludes halogenated alkanes) is 1. The van der Waals surface area contributed by atoms with Gasteiger partial charge in [0.15, 0.2) is 11.6 Å². The van der Waals surface area contributed by atoms with Crippen LogP contribution in [0.2, 0.25) is 0 Å². The molecule has 1 atom stereocenters. The van der Waals surface area contributed by atoms with Gasteiger partial charge in [-0.15, -0.1) is 0 Å². The van der Waals surface area contributed by atoms with Crippen molar-refractivity contribution in [3.05, 3.63) is 11.1 Å². The topological polar surface area (TPSA) is 34.1 Å². The molecule has 0 spiro atoms. The van der Waals surface area contributed by atoms with E-state index in [1.807, 2.05) is 13.8 Å². The number of fused-ring (bicyclic) bond motifs is 1. The maximum Gasteiger partial charge on any atom is 0.165 e. The summed E-state index contributed by atoms with van der Waals surface area (Å²) < 4.78 is 0. The van der Waals surface area contributed by atoms with Gasteiger partial charge in [0.2, 0.25) is 0 Å². The third kappa shape index (κ3) is 1.64. The second-order valence-corrected chi connectivity index (χ2v) is 5.74. The molecule has 0 aromatic rings. The van der Waals surface area contributed by atoms with E-state index in [4.69, 9.17) is 0 Å². The van der Waals surface area contributed by atoms with Crippen LogP contribution in [0.5, 0.6) is 0 Å². The summed E-state index contributed by atoms with van der Waals surface area (Å²) in [5.74, 6) is 0.702. The highest BCUT2D eigenvalue weighted by molar-refractivity contribution is 6.13. The van der Waals surface area contributed by atoms with Crippen LogP contribution >= 0.6 is 0 Å². The lowest BCUT2D eigenvalue weighted by molar-refractivity contribution is -0.122. The molecule has 1 fully saturated rings. The van der Waals surface area contributed by atoms with Gasteiger partial charge in [0, 0.05) is 23.0 Å². The lowest BCUT2D eigenvalue weighted by atomic mass is 9.87. The first kappa shape index (κ1) is 11.6. The molecule has 16 heavy (non-hydrogen) atoms. The SMILES string of the molecule is CCCCC1=C2C(=O)C(C)(C)CC2CC1=O. The third-order valence-corrected chi connectivity index (χ3v) is 3.90. The predicted octanol–water partition coefficient (Wildman–Crippen LogP) is 3.06. The molecule has 0 radical (unpaired) electrons. The normalized spacial score (nSPS) is 27.8. The number of carbonyl (C=O) groups excluding carboxylic acids is 2. The minimum Gasteiger partial charge on any atom is -0.295 e. The van der Waals surface area contributed by atoms with Crippen molar-refractivity contribution in [2.24, 2.45) is 11.3 Å². The molecule has 1 unspecified atom stereocenters. The molecule has 0 amide bonds. The summed E-state index contributed by atoms with van der Waals surface area (Å²) in [6, 6.07) is 0. The van der Waals surface area contributed by atoms with Gasteiger partial charge >= 0.3 is 0 Å². The van der Waals surface area contributed by atoms with Gasteiger partial charge < -0.3 is 0 Å². The van der Waals surface area contributed by atoms with E-state index >= 15 is 0 Å². The van der Waals surface area contributed by atoms with Crippen LogP contribution in [0.3, 0.4) is 0 Å².